The van der Waals surface area contributed by atoms with Crippen molar-refractivity contribution in [1.29, 1.82) is 5.26 Å². The number of nitriles is 1. The average Bonchev–Trinajstić information content (AvgIpc) is 3.26. The molecule has 0 spiro atoms. The highest BCUT2D eigenvalue weighted by molar-refractivity contribution is 5.97. The van der Waals surface area contributed by atoms with Crippen molar-refractivity contribution >= 4 is 16.6 Å². The highest BCUT2D eigenvalue weighted by atomic mass is 16.5. The first-order valence-electron chi connectivity index (χ1n) is 10.8. The fourth-order valence-electron chi connectivity index (χ4n) is 4.81. The van der Waals surface area contributed by atoms with Crippen LogP contribution in [0, 0.1) is 11.3 Å². The summed E-state index contributed by atoms with van der Waals surface area (Å²) in [6.07, 6.45) is 3.51. The van der Waals surface area contributed by atoms with E-state index in [1.165, 1.54) is 0 Å². The smallest absolute Gasteiger partial charge is 0.143 e. The van der Waals surface area contributed by atoms with Crippen LogP contribution in [0.1, 0.15) is 5.56 Å². The van der Waals surface area contributed by atoms with Gasteiger partial charge in [0, 0.05) is 54.1 Å². The molecule has 2 aromatic heterocycles. The standard InChI is InChI=1S/C25H22N6O/c1-30-7-8-31-19(14-30)15-32-24-10-16(4-5-23(24)31)25-21-11-20(17-3-2-6-27-13-17)18(12-26)9-22(21)28-29-25/h2-6,9-11,13,19H,7-8,14-15H2,1H3,(H,28,29). The first kappa shape index (κ1) is 18.8. The Hall–Kier alpha value is -3.89. The summed E-state index contributed by atoms with van der Waals surface area (Å²) in [5.74, 6) is 0.903. The lowest BCUT2D eigenvalue weighted by Gasteiger charge is -2.44. The van der Waals surface area contributed by atoms with Crippen LogP contribution in [0.25, 0.3) is 33.3 Å². The second-order valence-electron chi connectivity index (χ2n) is 8.47. The lowest BCUT2D eigenvalue weighted by Crippen LogP contribution is -2.56. The SMILES string of the molecule is CN1CCN2c3ccc(-c4n[nH]c5cc(C#N)c(-c6cccnc6)cc45)cc3OCC2C1. The third-order valence-corrected chi connectivity index (χ3v) is 6.45. The number of hydrogen-bond acceptors (Lipinski definition) is 6. The maximum atomic E-state index is 9.68. The number of nitrogens with zero attached hydrogens (tertiary/aromatic N) is 5. The molecule has 158 valence electrons. The molecule has 0 radical (unpaired) electrons. The summed E-state index contributed by atoms with van der Waals surface area (Å²) in [6.45, 7) is 3.77. The monoisotopic (exact) mass is 422 g/mol. The van der Waals surface area contributed by atoms with Gasteiger partial charge in [0.25, 0.3) is 0 Å². The summed E-state index contributed by atoms with van der Waals surface area (Å²) in [6, 6.07) is 16.8. The number of H-pyrrole nitrogens is 1. The molecule has 2 aromatic carbocycles. The molecule has 2 aliphatic heterocycles. The molecule has 1 unspecified atom stereocenters. The Kier molecular flexibility index (Phi) is 4.33. The molecule has 6 rings (SSSR count). The summed E-state index contributed by atoms with van der Waals surface area (Å²) in [5, 5.41) is 18.3. The summed E-state index contributed by atoms with van der Waals surface area (Å²) >= 11 is 0. The Balaban J connectivity index is 1.44. The number of hydrogen-bond donors (Lipinski definition) is 1. The van der Waals surface area contributed by atoms with Crippen molar-refractivity contribution in [2.45, 2.75) is 6.04 Å². The molecule has 1 saturated heterocycles. The van der Waals surface area contributed by atoms with Gasteiger partial charge < -0.3 is 14.5 Å². The van der Waals surface area contributed by atoms with Crippen molar-refractivity contribution in [3.63, 3.8) is 0 Å². The van der Waals surface area contributed by atoms with Crippen LogP contribution in [0.3, 0.4) is 0 Å². The second-order valence-corrected chi connectivity index (χ2v) is 8.47. The molecule has 4 heterocycles. The van der Waals surface area contributed by atoms with Crippen LogP contribution in [-0.4, -0.2) is 59.4 Å². The molecule has 4 aromatic rings. The van der Waals surface area contributed by atoms with E-state index in [9.17, 15) is 5.26 Å². The van der Waals surface area contributed by atoms with E-state index >= 15 is 0 Å². The van der Waals surface area contributed by atoms with Gasteiger partial charge in [0.2, 0.25) is 0 Å². The minimum Gasteiger partial charge on any atom is -0.489 e. The first-order chi connectivity index (χ1) is 15.7. The number of pyridine rings is 1. The number of aromatic amines is 1. The van der Waals surface area contributed by atoms with Crippen molar-refractivity contribution in [3.8, 4) is 34.2 Å². The maximum absolute atomic E-state index is 9.68. The average molecular weight is 422 g/mol. The molecule has 0 aliphatic carbocycles. The molecule has 0 bridgehead atoms. The van der Waals surface area contributed by atoms with E-state index in [1.807, 2.05) is 24.3 Å². The Bertz CT molecular complexity index is 1360. The Morgan fingerprint density at radius 1 is 1.16 bits per heavy atom. The molecular weight excluding hydrogens is 400 g/mol. The van der Waals surface area contributed by atoms with Gasteiger partial charge in [-0.25, -0.2) is 0 Å². The van der Waals surface area contributed by atoms with Crippen LogP contribution in [-0.2, 0) is 0 Å². The van der Waals surface area contributed by atoms with Gasteiger partial charge in [-0.2, -0.15) is 10.4 Å². The van der Waals surface area contributed by atoms with Gasteiger partial charge in [0.05, 0.1) is 28.9 Å². The minimum absolute atomic E-state index is 0.393. The lowest BCUT2D eigenvalue weighted by molar-refractivity contribution is 0.188. The van der Waals surface area contributed by atoms with Crippen LogP contribution in [0.15, 0.2) is 54.9 Å². The van der Waals surface area contributed by atoms with Crippen LogP contribution in [0.4, 0.5) is 5.69 Å². The van der Waals surface area contributed by atoms with Crippen LogP contribution < -0.4 is 9.64 Å². The van der Waals surface area contributed by atoms with Gasteiger partial charge in [0.1, 0.15) is 18.1 Å². The number of aromatic nitrogens is 3. The topological polar surface area (TPSA) is 81.1 Å². The van der Waals surface area contributed by atoms with Crippen molar-refractivity contribution in [2.75, 3.05) is 38.2 Å². The number of piperazine rings is 1. The molecule has 7 nitrogen and oxygen atoms in total. The molecule has 0 amide bonds. The normalized spacial score (nSPS) is 18.0. The fraction of sp³-hybridized carbons (Fsp3) is 0.240. The number of ether oxygens (including phenoxy) is 1. The number of rotatable bonds is 2. The number of nitrogens with one attached hydrogen (secondary N) is 1. The van der Waals surface area contributed by atoms with Gasteiger partial charge in [-0.1, -0.05) is 12.1 Å². The van der Waals surface area contributed by atoms with Crippen molar-refractivity contribution < 1.29 is 4.74 Å². The van der Waals surface area contributed by atoms with Crippen LogP contribution >= 0.6 is 0 Å². The van der Waals surface area contributed by atoms with E-state index in [0.29, 0.717) is 18.2 Å². The Labute approximate surface area is 185 Å². The maximum Gasteiger partial charge on any atom is 0.143 e. The van der Waals surface area contributed by atoms with Crippen LogP contribution in [0.5, 0.6) is 5.75 Å². The predicted octanol–water partition coefficient (Wildman–Crippen LogP) is 3.68. The molecule has 1 N–H and O–H groups in total. The van der Waals surface area contributed by atoms with E-state index in [1.54, 1.807) is 12.4 Å². The van der Waals surface area contributed by atoms with E-state index in [4.69, 9.17) is 4.74 Å². The third-order valence-electron chi connectivity index (χ3n) is 6.45. The molecular formula is C25H22N6O. The summed E-state index contributed by atoms with van der Waals surface area (Å²) in [7, 11) is 2.16. The van der Waals surface area contributed by atoms with Gasteiger partial charge in [-0.3, -0.25) is 10.1 Å². The van der Waals surface area contributed by atoms with Crippen LogP contribution in [0.2, 0.25) is 0 Å². The summed E-state index contributed by atoms with van der Waals surface area (Å²) < 4.78 is 6.16. The van der Waals surface area contributed by atoms with Gasteiger partial charge >= 0.3 is 0 Å². The van der Waals surface area contributed by atoms with Crippen molar-refractivity contribution in [2.24, 2.45) is 0 Å². The van der Waals surface area contributed by atoms with Gasteiger partial charge in [-0.15, -0.1) is 0 Å². The summed E-state index contributed by atoms with van der Waals surface area (Å²) in [5.41, 5.74) is 6.18. The molecule has 2 aliphatic rings. The van der Waals surface area contributed by atoms with E-state index in [2.05, 4.69) is 56.3 Å². The fourth-order valence-corrected chi connectivity index (χ4v) is 4.81. The number of likely N-dealkylation sites (N-methyl/N-ethyl adjacent to an activating group) is 1. The molecule has 1 fully saturated rings. The lowest BCUT2D eigenvalue weighted by atomic mass is 9.97. The highest BCUT2D eigenvalue weighted by Gasteiger charge is 2.32. The Morgan fingerprint density at radius 2 is 2.09 bits per heavy atom. The third kappa shape index (κ3) is 3.00. The first-order valence-corrected chi connectivity index (χ1v) is 10.8. The van der Waals surface area contributed by atoms with Gasteiger partial charge in [-0.05, 0) is 37.4 Å². The molecule has 1 atom stereocenters. The molecule has 32 heavy (non-hydrogen) atoms. The highest BCUT2D eigenvalue weighted by Crippen LogP contribution is 2.40. The molecule has 0 saturated carbocycles. The van der Waals surface area contributed by atoms with Gasteiger partial charge in [0.15, 0.2) is 0 Å². The second kappa shape index (κ2) is 7.36. The van der Waals surface area contributed by atoms with E-state index < -0.39 is 0 Å². The predicted molar refractivity (Wildman–Crippen MR) is 124 cm³/mol. The quantitative estimate of drug-likeness (QED) is 0.531. The van der Waals surface area contributed by atoms with Crippen molar-refractivity contribution in [3.05, 3.63) is 60.4 Å². The number of benzene rings is 2. The van der Waals surface area contributed by atoms with E-state index in [-0.39, 0.29) is 0 Å². The number of fused-ring (bicyclic) bond motifs is 4. The zero-order valence-electron chi connectivity index (χ0n) is 17.7. The van der Waals surface area contributed by atoms with Crippen molar-refractivity contribution in [1.82, 2.24) is 20.1 Å². The zero-order chi connectivity index (χ0) is 21.7. The minimum atomic E-state index is 0.393. The summed E-state index contributed by atoms with van der Waals surface area (Å²) in [4.78, 5) is 9.03. The zero-order valence-corrected chi connectivity index (χ0v) is 17.7. The van der Waals surface area contributed by atoms with E-state index in [0.717, 1.165) is 64.4 Å². The number of anilines is 1. The largest absolute Gasteiger partial charge is 0.489 e. The Morgan fingerprint density at radius 3 is 2.94 bits per heavy atom. The molecule has 7 heteroatoms.